The normalized spacial score (nSPS) is 16.3. The second-order valence-corrected chi connectivity index (χ2v) is 5.56. The third-order valence-corrected chi connectivity index (χ3v) is 4.01. The minimum absolute atomic E-state index is 0.362. The fraction of sp³-hybridized carbons (Fsp3) is 0.438. The van der Waals surface area contributed by atoms with Crippen molar-refractivity contribution in [1.29, 1.82) is 0 Å². The van der Waals surface area contributed by atoms with E-state index in [1.54, 1.807) is 12.3 Å². The van der Waals surface area contributed by atoms with Gasteiger partial charge in [0.2, 0.25) is 0 Å². The fourth-order valence-corrected chi connectivity index (χ4v) is 2.83. The highest BCUT2D eigenvalue weighted by Crippen LogP contribution is 2.32. The summed E-state index contributed by atoms with van der Waals surface area (Å²) in [7, 11) is 0. The highest BCUT2D eigenvalue weighted by molar-refractivity contribution is 5.91. The Balaban J connectivity index is 1.75. The molecule has 2 heterocycles. The number of aromatic nitrogens is 1. The number of hydrogen-bond acceptors (Lipinski definition) is 3. The Bertz CT molecular complexity index is 649. The van der Waals surface area contributed by atoms with E-state index < -0.39 is 11.7 Å². The minimum Gasteiger partial charge on any atom is -0.383 e. The van der Waals surface area contributed by atoms with Crippen LogP contribution in [0.1, 0.15) is 18.4 Å². The molecule has 0 atom stereocenters. The van der Waals surface area contributed by atoms with Crippen molar-refractivity contribution in [2.24, 2.45) is 0 Å². The molecular formula is C16H18F3N3. The van der Waals surface area contributed by atoms with Gasteiger partial charge in [-0.3, -0.25) is 4.98 Å². The van der Waals surface area contributed by atoms with Gasteiger partial charge in [0, 0.05) is 30.4 Å². The largest absolute Gasteiger partial charge is 0.416 e. The van der Waals surface area contributed by atoms with Crippen LogP contribution >= 0.6 is 0 Å². The van der Waals surface area contributed by atoms with Crippen molar-refractivity contribution in [3.8, 4) is 0 Å². The molecule has 1 N–H and O–H groups in total. The molecular weight excluding hydrogens is 291 g/mol. The molecule has 1 fully saturated rings. The highest BCUT2D eigenvalue weighted by atomic mass is 19.4. The second kappa shape index (κ2) is 6.12. The van der Waals surface area contributed by atoms with Gasteiger partial charge in [0.15, 0.2) is 0 Å². The first-order valence-electron chi connectivity index (χ1n) is 7.46. The maximum absolute atomic E-state index is 12.7. The van der Waals surface area contributed by atoms with Crippen molar-refractivity contribution < 1.29 is 13.2 Å². The number of benzene rings is 1. The number of pyridine rings is 1. The zero-order valence-corrected chi connectivity index (χ0v) is 12.2. The topological polar surface area (TPSA) is 28.2 Å². The third-order valence-electron chi connectivity index (χ3n) is 4.01. The van der Waals surface area contributed by atoms with E-state index in [0.29, 0.717) is 5.52 Å². The summed E-state index contributed by atoms with van der Waals surface area (Å²) in [6.07, 6.45) is -0.299. The summed E-state index contributed by atoms with van der Waals surface area (Å²) < 4.78 is 38.2. The molecule has 3 rings (SSSR count). The van der Waals surface area contributed by atoms with Gasteiger partial charge in [0.25, 0.3) is 0 Å². The van der Waals surface area contributed by atoms with Crippen LogP contribution in [0.2, 0.25) is 0 Å². The molecule has 6 heteroatoms. The lowest BCUT2D eigenvalue weighted by atomic mass is 10.1. The lowest BCUT2D eigenvalue weighted by Gasteiger charge is -2.16. The Kier molecular flexibility index (Phi) is 4.20. The number of halogens is 3. The third kappa shape index (κ3) is 3.32. The van der Waals surface area contributed by atoms with Crippen LogP contribution in [0.5, 0.6) is 0 Å². The second-order valence-electron chi connectivity index (χ2n) is 5.56. The zero-order chi connectivity index (χ0) is 15.6. The minimum atomic E-state index is -4.34. The van der Waals surface area contributed by atoms with E-state index in [4.69, 9.17) is 0 Å². The van der Waals surface area contributed by atoms with Crippen LogP contribution in [0.15, 0.2) is 30.5 Å². The van der Waals surface area contributed by atoms with E-state index in [1.165, 1.54) is 18.9 Å². The summed E-state index contributed by atoms with van der Waals surface area (Å²) in [6, 6.07) is 5.50. The van der Waals surface area contributed by atoms with Crippen molar-refractivity contribution >= 4 is 16.6 Å². The molecule has 0 unspecified atom stereocenters. The van der Waals surface area contributed by atoms with E-state index in [2.05, 4.69) is 15.2 Å². The van der Waals surface area contributed by atoms with Gasteiger partial charge in [-0.15, -0.1) is 0 Å². The molecule has 118 valence electrons. The van der Waals surface area contributed by atoms with Crippen molar-refractivity contribution in [3.63, 3.8) is 0 Å². The van der Waals surface area contributed by atoms with Gasteiger partial charge >= 0.3 is 6.18 Å². The van der Waals surface area contributed by atoms with Crippen molar-refractivity contribution in [1.82, 2.24) is 9.88 Å². The van der Waals surface area contributed by atoms with Gasteiger partial charge in [-0.2, -0.15) is 13.2 Å². The Morgan fingerprint density at radius 1 is 1.14 bits per heavy atom. The summed E-state index contributed by atoms with van der Waals surface area (Å²) in [6.45, 7) is 3.99. The molecule has 0 spiro atoms. The van der Waals surface area contributed by atoms with Gasteiger partial charge in [0.1, 0.15) is 0 Å². The predicted octanol–water partition coefficient (Wildman–Crippen LogP) is 3.76. The number of hydrogen-bond donors (Lipinski definition) is 1. The molecule has 1 aliphatic rings. The molecule has 1 saturated heterocycles. The smallest absolute Gasteiger partial charge is 0.383 e. The maximum Gasteiger partial charge on any atom is 0.416 e. The quantitative estimate of drug-likeness (QED) is 0.932. The number of nitrogens with one attached hydrogen (secondary N) is 1. The number of rotatable bonds is 4. The van der Waals surface area contributed by atoms with Gasteiger partial charge in [-0.05, 0) is 44.1 Å². The molecule has 3 nitrogen and oxygen atoms in total. The van der Waals surface area contributed by atoms with Gasteiger partial charge < -0.3 is 10.2 Å². The van der Waals surface area contributed by atoms with E-state index in [0.717, 1.165) is 49.4 Å². The number of anilines is 1. The van der Waals surface area contributed by atoms with Crippen LogP contribution in [-0.2, 0) is 6.18 Å². The lowest BCUT2D eigenvalue weighted by molar-refractivity contribution is -0.137. The summed E-state index contributed by atoms with van der Waals surface area (Å²) in [5.74, 6) is 0. The molecule has 1 aliphatic heterocycles. The van der Waals surface area contributed by atoms with Crippen LogP contribution < -0.4 is 5.32 Å². The Morgan fingerprint density at radius 2 is 1.91 bits per heavy atom. The lowest BCUT2D eigenvalue weighted by Crippen LogP contribution is -2.26. The zero-order valence-electron chi connectivity index (χ0n) is 12.2. The summed E-state index contributed by atoms with van der Waals surface area (Å²) in [5, 5.41) is 4.03. The van der Waals surface area contributed by atoms with Crippen molar-refractivity contribution in [2.75, 3.05) is 31.5 Å². The maximum atomic E-state index is 12.7. The average molecular weight is 309 g/mol. The molecule has 2 aromatic rings. The summed E-state index contributed by atoms with van der Waals surface area (Å²) >= 11 is 0. The number of fused-ring (bicyclic) bond motifs is 1. The van der Waals surface area contributed by atoms with E-state index in [9.17, 15) is 13.2 Å². The van der Waals surface area contributed by atoms with Crippen molar-refractivity contribution in [2.45, 2.75) is 19.0 Å². The molecule has 0 bridgehead atoms. The molecule has 1 aromatic carbocycles. The molecule has 22 heavy (non-hydrogen) atoms. The van der Waals surface area contributed by atoms with E-state index in [1.807, 2.05) is 0 Å². The predicted molar refractivity (Wildman–Crippen MR) is 80.9 cm³/mol. The Labute approximate surface area is 127 Å². The van der Waals surface area contributed by atoms with Crippen LogP contribution in [0, 0.1) is 0 Å². The van der Waals surface area contributed by atoms with Gasteiger partial charge in [0.05, 0.1) is 11.1 Å². The van der Waals surface area contributed by atoms with Crippen LogP contribution in [0.4, 0.5) is 18.9 Å². The number of likely N-dealkylation sites (tertiary alicyclic amines) is 1. The Hall–Kier alpha value is -1.82. The standard InChI is InChI=1S/C16H18F3N3/c17-16(18,19)12-3-4-13-14(5-6-20-15(13)11-12)21-7-10-22-8-1-2-9-22/h3-6,11H,1-2,7-10H2,(H,20,21). The molecule has 0 saturated carbocycles. The monoisotopic (exact) mass is 309 g/mol. The van der Waals surface area contributed by atoms with E-state index in [-0.39, 0.29) is 0 Å². The van der Waals surface area contributed by atoms with Gasteiger partial charge in [-0.25, -0.2) is 0 Å². The van der Waals surface area contributed by atoms with E-state index >= 15 is 0 Å². The van der Waals surface area contributed by atoms with Crippen LogP contribution in [0.3, 0.4) is 0 Å². The first-order valence-corrected chi connectivity index (χ1v) is 7.46. The number of alkyl halides is 3. The first-order chi connectivity index (χ1) is 10.5. The average Bonchev–Trinajstić information content (AvgIpc) is 2.99. The molecule has 0 amide bonds. The first kappa shape index (κ1) is 15.1. The molecule has 0 radical (unpaired) electrons. The summed E-state index contributed by atoms with van der Waals surface area (Å²) in [4.78, 5) is 6.44. The summed E-state index contributed by atoms with van der Waals surface area (Å²) in [5.41, 5.74) is 0.528. The molecule has 1 aromatic heterocycles. The molecule has 0 aliphatic carbocycles. The fourth-order valence-electron chi connectivity index (χ4n) is 2.83. The van der Waals surface area contributed by atoms with Crippen molar-refractivity contribution in [3.05, 3.63) is 36.0 Å². The SMILES string of the molecule is FC(F)(F)c1ccc2c(NCCN3CCCC3)ccnc2c1. The Morgan fingerprint density at radius 3 is 2.64 bits per heavy atom. The number of nitrogens with zero attached hydrogens (tertiary/aromatic N) is 2. The van der Waals surface area contributed by atoms with Crippen LogP contribution in [-0.4, -0.2) is 36.1 Å². The van der Waals surface area contributed by atoms with Crippen LogP contribution in [0.25, 0.3) is 10.9 Å². The highest BCUT2D eigenvalue weighted by Gasteiger charge is 2.30. The van der Waals surface area contributed by atoms with Gasteiger partial charge in [-0.1, -0.05) is 6.07 Å².